The van der Waals surface area contributed by atoms with Crippen molar-refractivity contribution in [2.45, 2.75) is 57.5 Å². The minimum Gasteiger partial charge on any atom is -0.308 e. The van der Waals surface area contributed by atoms with Crippen LogP contribution in [0.5, 0.6) is 0 Å². The summed E-state index contributed by atoms with van der Waals surface area (Å²) in [4.78, 5) is 0. The summed E-state index contributed by atoms with van der Waals surface area (Å²) < 4.78 is 23.0. The number of hydrogen-bond acceptors (Lipinski definition) is 3. The molecule has 1 aliphatic carbocycles. The van der Waals surface area contributed by atoms with Crippen molar-refractivity contribution in [3.05, 3.63) is 0 Å². The minimum atomic E-state index is -2.78. The molecule has 2 rings (SSSR count). The summed E-state index contributed by atoms with van der Waals surface area (Å²) >= 11 is 0. The zero-order valence-electron chi connectivity index (χ0n) is 10.3. The Morgan fingerprint density at radius 3 is 2.62 bits per heavy atom. The maximum absolute atomic E-state index is 11.5. The van der Waals surface area contributed by atoms with E-state index in [2.05, 4.69) is 19.2 Å². The molecule has 4 heteroatoms. The highest BCUT2D eigenvalue weighted by Gasteiger charge is 2.39. The Morgan fingerprint density at radius 2 is 2.06 bits per heavy atom. The second kappa shape index (κ2) is 4.30. The van der Waals surface area contributed by atoms with Gasteiger partial charge in [-0.2, -0.15) is 0 Å². The predicted molar refractivity (Wildman–Crippen MR) is 66.2 cm³/mol. The van der Waals surface area contributed by atoms with Crippen LogP contribution < -0.4 is 5.32 Å². The van der Waals surface area contributed by atoms with Gasteiger partial charge in [-0.05, 0) is 32.1 Å². The molecule has 3 nitrogen and oxygen atoms in total. The molecule has 1 saturated heterocycles. The van der Waals surface area contributed by atoms with Crippen LogP contribution in [-0.2, 0) is 9.84 Å². The number of nitrogens with one attached hydrogen (secondary N) is 1. The summed E-state index contributed by atoms with van der Waals surface area (Å²) in [6.07, 6.45) is 5.80. The topological polar surface area (TPSA) is 46.2 Å². The predicted octanol–water partition coefficient (Wildman–Crippen LogP) is 1.73. The van der Waals surface area contributed by atoms with Gasteiger partial charge in [-0.1, -0.05) is 19.8 Å². The zero-order chi connectivity index (χ0) is 11.8. The van der Waals surface area contributed by atoms with Crippen molar-refractivity contribution in [1.29, 1.82) is 0 Å². The lowest BCUT2D eigenvalue weighted by Crippen LogP contribution is -2.50. The van der Waals surface area contributed by atoms with Gasteiger partial charge >= 0.3 is 0 Å². The van der Waals surface area contributed by atoms with Crippen molar-refractivity contribution in [2.24, 2.45) is 5.92 Å². The maximum atomic E-state index is 11.5. The molecule has 0 amide bonds. The molecule has 3 unspecified atom stereocenters. The molecule has 2 fully saturated rings. The first-order chi connectivity index (χ1) is 7.39. The second-order valence-corrected chi connectivity index (χ2v) is 8.20. The molecular weight excluding hydrogens is 222 g/mol. The Labute approximate surface area is 98.9 Å². The third kappa shape index (κ3) is 2.98. The van der Waals surface area contributed by atoms with Crippen molar-refractivity contribution in [1.82, 2.24) is 5.32 Å². The van der Waals surface area contributed by atoms with Crippen LogP contribution in [0.25, 0.3) is 0 Å². The highest BCUT2D eigenvalue weighted by Crippen LogP contribution is 2.29. The summed E-state index contributed by atoms with van der Waals surface area (Å²) in [5.74, 6) is 1.47. The fraction of sp³-hybridized carbons (Fsp3) is 1.00. The van der Waals surface area contributed by atoms with Gasteiger partial charge in [0.25, 0.3) is 0 Å². The van der Waals surface area contributed by atoms with Gasteiger partial charge in [0.05, 0.1) is 11.5 Å². The van der Waals surface area contributed by atoms with E-state index in [4.69, 9.17) is 0 Å². The number of rotatable bonds is 2. The van der Waals surface area contributed by atoms with E-state index in [0.29, 0.717) is 17.5 Å². The molecule has 0 aromatic heterocycles. The quantitative estimate of drug-likeness (QED) is 0.806. The molecule has 0 bridgehead atoms. The summed E-state index contributed by atoms with van der Waals surface area (Å²) in [6, 6.07) is 0.530. The third-order valence-corrected chi connectivity index (χ3v) is 5.90. The van der Waals surface area contributed by atoms with E-state index in [1.807, 2.05) is 0 Å². The van der Waals surface area contributed by atoms with Gasteiger partial charge in [-0.3, -0.25) is 0 Å². The fourth-order valence-electron chi connectivity index (χ4n) is 3.18. The van der Waals surface area contributed by atoms with Gasteiger partial charge in [0.15, 0.2) is 9.84 Å². The molecule has 3 atom stereocenters. The maximum Gasteiger partial charge on any atom is 0.152 e. The van der Waals surface area contributed by atoms with E-state index in [0.717, 1.165) is 12.3 Å². The molecular formula is C12H23NO2S. The Hall–Kier alpha value is -0.0900. The molecule has 2 aliphatic rings. The van der Waals surface area contributed by atoms with Crippen LogP contribution in [0.1, 0.15) is 46.0 Å². The normalized spacial score (nSPS) is 43.4. The average Bonchev–Trinajstić information content (AvgIpc) is 2.40. The lowest BCUT2D eigenvalue weighted by molar-refractivity contribution is 0.246. The first-order valence-electron chi connectivity index (χ1n) is 6.37. The highest BCUT2D eigenvalue weighted by atomic mass is 32.2. The van der Waals surface area contributed by atoms with Crippen LogP contribution in [0.3, 0.4) is 0 Å². The zero-order valence-corrected chi connectivity index (χ0v) is 11.1. The molecule has 0 aromatic rings. The van der Waals surface area contributed by atoms with E-state index in [-0.39, 0.29) is 5.54 Å². The lowest BCUT2D eigenvalue weighted by Gasteiger charge is -2.35. The number of sulfone groups is 1. The van der Waals surface area contributed by atoms with Gasteiger partial charge in [0.2, 0.25) is 0 Å². The van der Waals surface area contributed by atoms with Crippen LogP contribution in [0.2, 0.25) is 0 Å². The molecule has 1 aliphatic heterocycles. The Bertz CT molecular complexity index is 352. The monoisotopic (exact) mass is 245 g/mol. The average molecular weight is 245 g/mol. The van der Waals surface area contributed by atoms with Crippen molar-refractivity contribution in [2.75, 3.05) is 11.5 Å². The van der Waals surface area contributed by atoms with E-state index in [9.17, 15) is 8.42 Å². The van der Waals surface area contributed by atoms with E-state index < -0.39 is 9.84 Å². The molecule has 1 heterocycles. The minimum absolute atomic E-state index is 0.166. The largest absolute Gasteiger partial charge is 0.308 e. The van der Waals surface area contributed by atoms with E-state index in [1.165, 1.54) is 25.7 Å². The van der Waals surface area contributed by atoms with Crippen molar-refractivity contribution < 1.29 is 8.42 Å². The Kier molecular flexibility index (Phi) is 3.32. The van der Waals surface area contributed by atoms with Crippen LogP contribution >= 0.6 is 0 Å². The fourth-order valence-corrected chi connectivity index (χ4v) is 5.29. The molecule has 0 radical (unpaired) electrons. The van der Waals surface area contributed by atoms with E-state index >= 15 is 0 Å². The standard InChI is InChI=1S/C12H23NO2S/c1-10-4-3-5-11(8-10)13-12(2)6-7-16(14,15)9-12/h10-11,13H,3-9H2,1-2H3. The third-order valence-electron chi connectivity index (χ3n) is 3.99. The van der Waals surface area contributed by atoms with Crippen LogP contribution in [0.4, 0.5) is 0 Å². The van der Waals surface area contributed by atoms with E-state index in [1.54, 1.807) is 0 Å². The SMILES string of the molecule is CC1CCCC(NC2(C)CCS(=O)(=O)C2)C1. The smallest absolute Gasteiger partial charge is 0.152 e. The van der Waals surface area contributed by atoms with Gasteiger partial charge in [-0.15, -0.1) is 0 Å². The summed E-state index contributed by atoms with van der Waals surface area (Å²) in [6.45, 7) is 4.36. The molecule has 0 spiro atoms. The molecule has 94 valence electrons. The van der Waals surface area contributed by atoms with Gasteiger partial charge in [0, 0.05) is 11.6 Å². The van der Waals surface area contributed by atoms with Crippen LogP contribution in [0, 0.1) is 5.92 Å². The van der Waals surface area contributed by atoms with Gasteiger partial charge in [-0.25, -0.2) is 8.42 Å². The second-order valence-electron chi connectivity index (χ2n) is 6.02. The molecule has 1 N–H and O–H groups in total. The molecule has 1 saturated carbocycles. The van der Waals surface area contributed by atoms with Crippen molar-refractivity contribution in [3.8, 4) is 0 Å². The summed E-state index contributed by atoms with van der Waals surface area (Å²) in [5.41, 5.74) is -0.166. The van der Waals surface area contributed by atoms with Crippen LogP contribution in [0.15, 0.2) is 0 Å². The Morgan fingerprint density at radius 1 is 1.31 bits per heavy atom. The van der Waals surface area contributed by atoms with Crippen LogP contribution in [-0.4, -0.2) is 31.5 Å². The molecule has 16 heavy (non-hydrogen) atoms. The summed E-state index contributed by atoms with van der Waals surface area (Å²) in [7, 11) is -2.78. The Balaban J connectivity index is 1.94. The summed E-state index contributed by atoms with van der Waals surface area (Å²) in [5, 5.41) is 3.60. The van der Waals surface area contributed by atoms with Gasteiger partial charge in [0.1, 0.15) is 0 Å². The van der Waals surface area contributed by atoms with Crippen molar-refractivity contribution in [3.63, 3.8) is 0 Å². The lowest BCUT2D eigenvalue weighted by atomic mass is 9.85. The first-order valence-corrected chi connectivity index (χ1v) is 8.19. The highest BCUT2D eigenvalue weighted by molar-refractivity contribution is 7.91. The first kappa shape index (κ1) is 12.4. The molecule has 0 aromatic carbocycles. The van der Waals surface area contributed by atoms with Gasteiger partial charge < -0.3 is 5.32 Å². The number of hydrogen-bond donors (Lipinski definition) is 1. The van der Waals surface area contributed by atoms with Crippen molar-refractivity contribution >= 4 is 9.84 Å².